The van der Waals surface area contributed by atoms with Crippen molar-refractivity contribution in [3.8, 4) is 0 Å². The van der Waals surface area contributed by atoms with E-state index in [1.165, 1.54) is 4.68 Å². The molecule has 1 aromatic carbocycles. The van der Waals surface area contributed by atoms with E-state index in [-0.39, 0.29) is 18.5 Å². The number of rotatable bonds is 4. The van der Waals surface area contributed by atoms with E-state index in [0.29, 0.717) is 10.0 Å². The lowest BCUT2D eigenvalue weighted by Gasteiger charge is -2.20. The summed E-state index contributed by atoms with van der Waals surface area (Å²) in [5.41, 5.74) is 0.944. The van der Waals surface area contributed by atoms with Crippen LogP contribution in [0.2, 0.25) is 10.0 Å². The Morgan fingerprint density at radius 3 is 3.00 bits per heavy atom. The number of hydrogen-bond donors (Lipinski definition) is 1. The van der Waals surface area contributed by atoms with E-state index in [2.05, 4.69) is 20.5 Å². The molecule has 1 aromatic heterocycles. The zero-order valence-electron chi connectivity index (χ0n) is 11.7. The Morgan fingerprint density at radius 2 is 2.27 bits per heavy atom. The number of anilines is 1. The van der Waals surface area contributed by atoms with Crippen LogP contribution in [-0.4, -0.2) is 40.0 Å². The molecule has 1 aliphatic rings. The highest BCUT2D eigenvalue weighted by molar-refractivity contribution is 6.36. The van der Waals surface area contributed by atoms with Gasteiger partial charge in [-0.2, -0.15) is 0 Å². The Kier molecular flexibility index (Phi) is 4.49. The average molecular weight is 340 g/mol. The highest BCUT2D eigenvalue weighted by Crippen LogP contribution is 2.31. The first-order valence-electron chi connectivity index (χ1n) is 6.95. The van der Waals surface area contributed by atoms with Crippen molar-refractivity contribution in [1.82, 2.24) is 20.3 Å². The van der Waals surface area contributed by atoms with Gasteiger partial charge in [0.2, 0.25) is 5.91 Å². The number of amides is 1. The number of carbonyl (C=O) groups is 1. The molecule has 2 heterocycles. The Morgan fingerprint density at radius 1 is 1.41 bits per heavy atom. The van der Waals surface area contributed by atoms with Gasteiger partial charge in [-0.1, -0.05) is 28.4 Å². The third-order valence-electron chi connectivity index (χ3n) is 3.58. The van der Waals surface area contributed by atoms with Gasteiger partial charge in [-0.05, 0) is 24.6 Å². The van der Waals surface area contributed by atoms with Crippen LogP contribution in [0.5, 0.6) is 0 Å². The summed E-state index contributed by atoms with van der Waals surface area (Å²) in [6.45, 7) is 1.75. The number of hydrogen-bond acceptors (Lipinski definition) is 4. The highest BCUT2D eigenvalue weighted by Gasteiger charge is 2.25. The summed E-state index contributed by atoms with van der Waals surface area (Å²) in [7, 11) is 0. The molecule has 1 aliphatic heterocycles. The predicted octanol–water partition coefficient (Wildman–Crippen LogP) is 1.98. The van der Waals surface area contributed by atoms with Crippen molar-refractivity contribution < 1.29 is 4.79 Å². The molecule has 116 valence electrons. The normalized spacial score (nSPS) is 17.7. The molecule has 22 heavy (non-hydrogen) atoms. The van der Waals surface area contributed by atoms with Crippen LogP contribution >= 0.6 is 23.2 Å². The summed E-state index contributed by atoms with van der Waals surface area (Å²) >= 11 is 12.1. The largest absolute Gasteiger partial charge is 0.368 e. The zero-order valence-corrected chi connectivity index (χ0v) is 13.3. The summed E-state index contributed by atoms with van der Waals surface area (Å²) in [6.07, 6.45) is 4.09. The fraction of sp³-hybridized carbons (Fsp3) is 0.357. The van der Waals surface area contributed by atoms with Crippen molar-refractivity contribution in [2.24, 2.45) is 0 Å². The van der Waals surface area contributed by atoms with Gasteiger partial charge < -0.3 is 10.2 Å². The molecule has 1 saturated heterocycles. The van der Waals surface area contributed by atoms with E-state index in [1.807, 2.05) is 12.1 Å². The molecule has 0 unspecified atom stereocenters. The van der Waals surface area contributed by atoms with Gasteiger partial charge in [0.25, 0.3) is 0 Å². The van der Waals surface area contributed by atoms with Gasteiger partial charge in [0.1, 0.15) is 6.54 Å². The van der Waals surface area contributed by atoms with Crippen molar-refractivity contribution >= 4 is 34.8 Å². The van der Waals surface area contributed by atoms with E-state index < -0.39 is 0 Å². The summed E-state index contributed by atoms with van der Waals surface area (Å²) in [4.78, 5) is 14.1. The molecule has 1 N–H and O–H groups in total. The van der Waals surface area contributed by atoms with E-state index in [1.54, 1.807) is 18.5 Å². The Bertz CT molecular complexity index is 661. The molecule has 1 atom stereocenters. The Hall–Kier alpha value is -1.79. The predicted molar refractivity (Wildman–Crippen MR) is 85.2 cm³/mol. The molecule has 2 aromatic rings. The molecule has 0 aliphatic carbocycles. The molecule has 0 radical (unpaired) electrons. The van der Waals surface area contributed by atoms with E-state index in [9.17, 15) is 4.79 Å². The maximum Gasteiger partial charge on any atom is 0.242 e. The zero-order chi connectivity index (χ0) is 15.5. The smallest absolute Gasteiger partial charge is 0.242 e. The summed E-state index contributed by atoms with van der Waals surface area (Å²) < 4.78 is 1.50. The Labute approximate surface area is 138 Å². The number of nitrogens with zero attached hydrogens (tertiary/aromatic N) is 4. The van der Waals surface area contributed by atoms with Gasteiger partial charge in [-0.15, -0.1) is 5.10 Å². The minimum Gasteiger partial charge on any atom is -0.368 e. The quantitative estimate of drug-likeness (QED) is 0.925. The van der Waals surface area contributed by atoms with Gasteiger partial charge in [0.05, 0.1) is 16.9 Å². The minimum absolute atomic E-state index is 0.0699. The highest BCUT2D eigenvalue weighted by atomic mass is 35.5. The van der Waals surface area contributed by atoms with Crippen LogP contribution in [0.4, 0.5) is 5.69 Å². The van der Waals surface area contributed by atoms with Crippen LogP contribution in [0.3, 0.4) is 0 Å². The number of carbonyl (C=O) groups excluding carboxylic acids is 1. The maximum atomic E-state index is 12.0. The first-order valence-corrected chi connectivity index (χ1v) is 7.71. The van der Waals surface area contributed by atoms with Crippen molar-refractivity contribution in [2.75, 3.05) is 18.0 Å². The molecule has 1 amide bonds. The monoisotopic (exact) mass is 339 g/mol. The van der Waals surface area contributed by atoms with Gasteiger partial charge in [0, 0.05) is 30.4 Å². The van der Waals surface area contributed by atoms with Crippen LogP contribution in [0.25, 0.3) is 0 Å². The maximum absolute atomic E-state index is 12.0. The first kappa shape index (κ1) is 15.1. The third kappa shape index (κ3) is 3.51. The molecule has 1 fully saturated rings. The number of benzene rings is 1. The Balaban J connectivity index is 1.57. The second-order valence-corrected chi connectivity index (χ2v) is 6.04. The molecule has 0 bridgehead atoms. The lowest BCUT2D eigenvalue weighted by molar-refractivity contribution is -0.122. The van der Waals surface area contributed by atoms with Crippen molar-refractivity contribution in [3.05, 3.63) is 40.6 Å². The second-order valence-electron chi connectivity index (χ2n) is 5.20. The number of aromatic nitrogens is 3. The minimum atomic E-state index is -0.0699. The fourth-order valence-electron chi connectivity index (χ4n) is 2.57. The summed E-state index contributed by atoms with van der Waals surface area (Å²) in [5.74, 6) is -0.0699. The fourth-order valence-corrected chi connectivity index (χ4v) is 3.10. The standard InChI is InChI=1S/C14H15Cl2N5O/c15-10-1-2-13(12(16)7-10)20-5-3-11(8-20)18-14(22)9-21-6-4-17-19-21/h1-2,4,6-7,11H,3,5,8-9H2,(H,18,22)/t11-/m1/s1. The summed E-state index contributed by atoms with van der Waals surface area (Å²) in [6, 6.07) is 5.56. The van der Waals surface area contributed by atoms with Crippen LogP contribution in [-0.2, 0) is 11.3 Å². The molecule has 3 rings (SSSR count). The summed E-state index contributed by atoms with van der Waals surface area (Å²) in [5, 5.41) is 11.7. The van der Waals surface area contributed by atoms with Gasteiger partial charge >= 0.3 is 0 Å². The lowest BCUT2D eigenvalue weighted by atomic mass is 10.2. The molecular weight excluding hydrogens is 325 g/mol. The molecule has 6 nitrogen and oxygen atoms in total. The number of nitrogens with one attached hydrogen (secondary N) is 1. The topological polar surface area (TPSA) is 63.1 Å². The van der Waals surface area contributed by atoms with Crippen LogP contribution in [0, 0.1) is 0 Å². The van der Waals surface area contributed by atoms with Gasteiger partial charge in [-0.25, -0.2) is 4.68 Å². The molecule has 8 heteroatoms. The van der Waals surface area contributed by atoms with Gasteiger partial charge in [-0.3, -0.25) is 4.79 Å². The molecule has 0 spiro atoms. The van der Waals surface area contributed by atoms with Crippen LogP contribution in [0.15, 0.2) is 30.6 Å². The van der Waals surface area contributed by atoms with E-state index in [0.717, 1.165) is 25.2 Å². The molecular formula is C14H15Cl2N5O. The molecule has 0 saturated carbocycles. The first-order chi connectivity index (χ1) is 10.6. The lowest BCUT2D eigenvalue weighted by Crippen LogP contribution is -2.39. The van der Waals surface area contributed by atoms with Crippen LogP contribution < -0.4 is 10.2 Å². The number of halogens is 2. The van der Waals surface area contributed by atoms with E-state index >= 15 is 0 Å². The van der Waals surface area contributed by atoms with Crippen molar-refractivity contribution in [1.29, 1.82) is 0 Å². The van der Waals surface area contributed by atoms with Crippen LogP contribution in [0.1, 0.15) is 6.42 Å². The van der Waals surface area contributed by atoms with Crippen molar-refractivity contribution in [2.45, 2.75) is 19.0 Å². The second kappa shape index (κ2) is 6.54. The average Bonchev–Trinajstić information content (AvgIpc) is 3.10. The van der Waals surface area contributed by atoms with E-state index in [4.69, 9.17) is 23.2 Å². The third-order valence-corrected chi connectivity index (χ3v) is 4.12. The van der Waals surface area contributed by atoms with Crippen molar-refractivity contribution in [3.63, 3.8) is 0 Å². The SMILES string of the molecule is O=C(Cn1ccnn1)N[C@@H]1CCN(c2ccc(Cl)cc2Cl)C1. The van der Waals surface area contributed by atoms with Gasteiger partial charge in [0.15, 0.2) is 0 Å².